The minimum atomic E-state index is -1.83. The van der Waals surface area contributed by atoms with Crippen molar-refractivity contribution in [3.63, 3.8) is 0 Å². The molecule has 0 fully saturated rings. The molecule has 0 aromatic heterocycles. The van der Waals surface area contributed by atoms with Crippen LogP contribution < -0.4 is 0 Å². The lowest BCUT2D eigenvalue weighted by molar-refractivity contribution is 0.137. The maximum Gasteiger partial charge on any atom is 0.503 e. The zero-order valence-corrected chi connectivity index (χ0v) is 6.37. The van der Waals surface area contributed by atoms with E-state index in [2.05, 4.69) is 26.0 Å². The monoisotopic (exact) mass is 146 g/mol. The van der Waals surface area contributed by atoms with E-state index in [1.807, 2.05) is 0 Å². The fraction of sp³-hybridized carbons (Fsp3) is 0.571. The molecule has 3 heteroatoms. The van der Waals surface area contributed by atoms with Gasteiger partial charge in [-0.2, -0.15) is 0 Å². The molecule has 60 valence electrons. The predicted molar refractivity (Wildman–Crippen MR) is 40.4 cm³/mol. The van der Waals surface area contributed by atoms with Gasteiger partial charge in [-0.1, -0.05) is 26.0 Å². The van der Waals surface area contributed by atoms with Crippen LogP contribution in [0.1, 0.15) is 26.7 Å². The van der Waals surface area contributed by atoms with Crippen LogP contribution in [0.2, 0.25) is 0 Å². The Labute approximate surface area is 61.0 Å². The van der Waals surface area contributed by atoms with Crippen molar-refractivity contribution in [1.29, 1.82) is 0 Å². The number of carboxylic acid groups (broad SMARTS) is 2. The molecule has 0 aliphatic carbocycles. The molecule has 10 heavy (non-hydrogen) atoms. The van der Waals surface area contributed by atoms with Gasteiger partial charge < -0.3 is 10.2 Å². The quantitative estimate of drug-likeness (QED) is 0.588. The summed E-state index contributed by atoms with van der Waals surface area (Å²) in [6.07, 6.45) is 4.88. The first kappa shape index (κ1) is 11.8. The van der Waals surface area contributed by atoms with Gasteiger partial charge in [-0.15, -0.1) is 0 Å². The Kier molecular flexibility index (Phi) is 12.8. The van der Waals surface area contributed by atoms with E-state index < -0.39 is 6.16 Å². The second kappa shape index (κ2) is 10.9. The molecule has 0 aliphatic rings. The van der Waals surface area contributed by atoms with Gasteiger partial charge in [0.25, 0.3) is 0 Å². The molecule has 0 bridgehead atoms. The summed E-state index contributed by atoms with van der Waals surface area (Å²) >= 11 is 0. The van der Waals surface area contributed by atoms with Gasteiger partial charge in [0.15, 0.2) is 0 Å². The zero-order valence-electron chi connectivity index (χ0n) is 6.37. The van der Waals surface area contributed by atoms with E-state index in [0.717, 1.165) is 0 Å². The fourth-order valence-electron chi connectivity index (χ4n) is 0.333. The Morgan fingerprint density at radius 1 is 1.20 bits per heavy atom. The summed E-state index contributed by atoms with van der Waals surface area (Å²) in [5.74, 6) is 0. The van der Waals surface area contributed by atoms with Crippen LogP contribution in [0, 0.1) is 0 Å². The second-order valence-corrected chi connectivity index (χ2v) is 1.57. The highest BCUT2D eigenvalue weighted by Gasteiger charge is 1.70. The zero-order chi connectivity index (χ0) is 8.41. The SMILES string of the molecule is CCC=CCC.O=C(O)O. The molecule has 0 atom stereocenters. The average Bonchev–Trinajstić information content (AvgIpc) is 1.82. The van der Waals surface area contributed by atoms with Crippen molar-refractivity contribution in [3.05, 3.63) is 12.2 Å². The van der Waals surface area contributed by atoms with E-state index in [1.165, 1.54) is 12.8 Å². The third-order valence-electron chi connectivity index (χ3n) is 0.638. The van der Waals surface area contributed by atoms with E-state index in [1.54, 1.807) is 0 Å². The molecule has 0 amide bonds. The van der Waals surface area contributed by atoms with Crippen LogP contribution >= 0.6 is 0 Å². The molecule has 0 radical (unpaired) electrons. The van der Waals surface area contributed by atoms with E-state index in [0.29, 0.717) is 0 Å². The van der Waals surface area contributed by atoms with E-state index in [4.69, 9.17) is 15.0 Å². The summed E-state index contributed by atoms with van der Waals surface area (Å²) in [6, 6.07) is 0. The van der Waals surface area contributed by atoms with Gasteiger partial charge in [0.2, 0.25) is 0 Å². The Morgan fingerprint density at radius 2 is 1.40 bits per heavy atom. The topological polar surface area (TPSA) is 57.5 Å². The Morgan fingerprint density at radius 3 is 1.50 bits per heavy atom. The minimum Gasteiger partial charge on any atom is -0.450 e. The van der Waals surface area contributed by atoms with Crippen LogP contribution in [0.15, 0.2) is 12.2 Å². The van der Waals surface area contributed by atoms with Gasteiger partial charge in [-0.25, -0.2) is 4.79 Å². The average molecular weight is 146 g/mol. The highest BCUT2D eigenvalue weighted by atomic mass is 16.6. The van der Waals surface area contributed by atoms with Crippen molar-refractivity contribution < 1.29 is 15.0 Å². The van der Waals surface area contributed by atoms with Gasteiger partial charge in [0, 0.05) is 0 Å². The van der Waals surface area contributed by atoms with Crippen LogP contribution in [-0.4, -0.2) is 16.4 Å². The highest BCUT2D eigenvalue weighted by Crippen LogP contribution is 1.81. The van der Waals surface area contributed by atoms with Crippen LogP contribution in [0.5, 0.6) is 0 Å². The van der Waals surface area contributed by atoms with Crippen LogP contribution in [0.4, 0.5) is 4.79 Å². The van der Waals surface area contributed by atoms with Crippen LogP contribution in [0.3, 0.4) is 0 Å². The molecule has 0 aromatic carbocycles. The van der Waals surface area contributed by atoms with E-state index in [-0.39, 0.29) is 0 Å². The Balaban J connectivity index is 0. The summed E-state index contributed by atoms with van der Waals surface area (Å²) < 4.78 is 0. The van der Waals surface area contributed by atoms with Crippen molar-refractivity contribution in [1.82, 2.24) is 0 Å². The first-order valence-electron chi connectivity index (χ1n) is 3.22. The Hall–Kier alpha value is -0.990. The summed E-state index contributed by atoms with van der Waals surface area (Å²) in [6.45, 7) is 4.29. The molecule has 0 unspecified atom stereocenters. The molecular weight excluding hydrogens is 132 g/mol. The fourth-order valence-corrected chi connectivity index (χ4v) is 0.333. The van der Waals surface area contributed by atoms with Crippen LogP contribution in [-0.2, 0) is 0 Å². The number of hydrogen-bond donors (Lipinski definition) is 2. The lowest BCUT2D eigenvalue weighted by Crippen LogP contribution is -1.81. The maximum atomic E-state index is 8.56. The Bertz CT molecular complexity index is 87.0. The lowest BCUT2D eigenvalue weighted by Gasteiger charge is -1.72. The second-order valence-electron chi connectivity index (χ2n) is 1.57. The number of hydrogen-bond acceptors (Lipinski definition) is 1. The van der Waals surface area contributed by atoms with Crippen molar-refractivity contribution in [2.45, 2.75) is 26.7 Å². The van der Waals surface area contributed by atoms with Gasteiger partial charge in [-0.3, -0.25) is 0 Å². The van der Waals surface area contributed by atoms with Crippen molar-refractivity contribution >= 4 is 6.16 Å². The first-order valence-corrected chi connectivity index (χ1v) is 3.22. The predicted octanol–water partition coefficient (Wildman–Crippen LogP) is 2.58. The largest absolute Gasteiger partial charge is 0.503 e. The summed E-state index contributed by atoms with van der Waals surface area (Å²) in [4.78, 5) is 8.56. The molecule has 0 saturated carbocycles. The van der Waals surface area contributed by atoms with E-state index in [9.17, 15) is 0 Å². The van der Waals surface area contributed by atoms with Crippen molar-refractivity contribution in [3.8, 4) is 0 Å². The molecular formula is C7H14O3. The summed E-state index contributed by atoms with van der Waals surface area (Å²) in [5.41, 5.74) is 0. The highest BCUT2D eigenvalue weighted by molar-refractivity contribution is 5.53. The third kappa shape index (κ3) is 62.7. The number of rotatable bonds is 2. The van der Waals surface area contributed by atoms with Gasteiger partial charge in [0.05, 0.1) is 0 Å². The molecule has 0 saturated heterocycles. The maximum absolute atomic E-state index is 8.56. The summed E-state index contributed by atoms with van der Waals surface area (Å²) in [7, 11) is 0. The minimum absolute atomic E-state index is 1.17. The summed E-state index contributed by atoms with van der Waals surface area (Å²) in [5, 5.41) is 13.9. The standard InChI is InChI=1S/C6H12.CH2O3/c1-3-5-6-4-2;2-1(3)4/h5-6H,3-4H2,1-2H3;(H2,2,3,4). The smallest absolute Gasteiger partial charge is 0.450 e. The molecule has 3 nitrogen and oxygen atoms in total. The number of allylic oxidation sites excluding steroid dienone is 2. The molecule has 0 heterocycles. The molecule has 0 rings (SSSR count). The van der Waals surface area contributed by atoms with Crippen molar-refractivity contribution in [2.24, 2.45) is 0 Å². The van der Waals surface area contributed by atoms with Crippen molar-refractivity contribution in [2.75, 3.05) is 0 Å². The molecule has 0 aromatic rings. The van der Waals surface area contributed by atoms with E-state index >= 15 is 0 Å². The molecule has 0 spiro atoms. The molecule has 0 aliphatic heterocycles. The number of carbonyl (C=O) groups is 1. The van der Waals surface area contributed by atoms with Gasteiger partial charge in [-0.05, 0) is 12.8 Å². The van der Waals surface area contributed by atoms with Gasteiger partial charge >= 0.3 is 6.16 Å². The normalized spacial score (nSPS) is 8.60. The first-order chi connectivity index (χ1) is 4.65. The van der Waals surface area contributed by atoms with Gasteiger partial charge in [0.1, 0.15) is 0 Å². The van der Waals surface area contributed by atoms with Crippen LogP contribution in [0.25, 0.3) is 0 Å². The lowest BCUT2D eigenvalue weighted by atomic mass is 10.4. The third-order valence-corrected chi connectivity index (χ3v) is 0.638. The molecule has 2 N–H and O–H groups in total.